The molecule has 0 aliphatic heterocycles. The summed E-state index contributed by atoms with van der Waals surface area (Å²) < 4.78 is 0.635. The maximum Gasteiger partial charge on any atom is 0.337 e. The zero-order valence-corrected chi connectivity index (χ0v) is 15.6. The number of halogens is 1. The van der Waals surface area contributed by atoms with Crippen LogP contribution in [0.15, 0.2) is 70.7 Å². The molecule has 0 aromatic heterocycles. The quantitative estimate of drug-likeness (QED) is 0.571. The number of anilines is 1. The third-order valence-corrected chi connectivity index (χ3v) is 4.47. The van der Waals surface area contributed by atoms with Crippen molar-refractivity contribution in [1.82, 2.24) is 0 Å². The van der Waals surface area contributed by atoms with Crippen LogP contribution in [0, 0.1) is 0 Å². The molecule has 130 valence electrons. The smallest absolute Gasteiger partial charge is 0.337 e. The number of nitrogens with one attached hydrogen (secondary N) is 1. The van der Waals surface area contributed by atoms with Gasteiger partial charge in [-0.25, -0.2) is 4.79 Å². The summed E-state index contributed by atoms with van der Waals surface area (Å²) in [6.45, 7) is 1.70. The lowest BCUT2D eigenvalue weighted by atomic mass is 10.1. The van der Waals surface area contributed by atoms with Crippen molar-refractivity contribution in [2.24, 2.45) is 0 Å². The fourth-order valence-electron chi connectivity index (χ4n) is 2.64. The Morgan fingerprint density at radius 1 is 1.00 bits per heavy atom. The second kappa shape index (κ2) is 7.54. The van der Waals surface area contributed by atoms with Gasteiger partial charge in [0.05, 0.1) is 11.3 Å². The van der Waals surface area contributed by atoms with Crippen molar-refractivity contribution in [2.75, 3.05) is 5.32 Å². The van der Waals surface area contributed by atoms with Gasteiger partial charge in [0.25, 0.3) is 5.91 Å². The number of hydrogen-bond acceptors (Lipinski definition) is 2. The normalized spacial score (nSPS) is 11.4. The van der Waals surface area contributed by atoms with E-state index in [0.29, 0.717) is 10.0 Å². The minimum absolute atomic E-state index is 0.0335. The van der Waals surface area contributed by atoms with Gasteiger partial charge in [0.15, 0.2) is 0 Å². The summed E-state index contributed by atoms with van der Waals surface area (Å²) in [5.74, 6) is -1.44. The zero-order valence-electron chi connectivity index (χ0n) is 14.0. The van der Waals surface area contributed by atoms with Gasteiger partial charge in [-0.15, -0.1) is 0 Å². The maximum absolute atomic E-state index is 12.5. The minimum atomic E-state index is -1.10. The summed E-state index contributed by atoms with van der Waals surface area (Å²) in [6.07, 6.45) is 1.78. The van der Waals surface area contributed by atoms with Crippen molar-refractivity contribution in [3.63, 3.8) is 0 Å². The Hall–Kier alpha value is -2.92. The molecule has 0 saturated carbocycles. The highest BCUT2D eigenvalue weighted by atomic mass is 79.9. The number of carboxylic acid groups (broad SMARTS) is 1. The van der Waals surface area contributed by atoms with Crippen LogP contribution in [0.1, 0.15) is 22.8 Å². The van der Waals surface area contributed by atoms with Crippen LogP contribution in [0.5, 0.6) is 0 Å². The summed E-state index contributed by atoms with van der Waals surface area (Å²) >= 11 is 3.24. The number of benzene rings is 3. The van der Waals surface area contributed by atoms with Crippen molar-refractivity contribution in [3.8, 4) is 0 Å². The first-order valence-corrected chi connectivity index (χ1v) is 8.74. The number of hydrogen-bond donors (Lipinski definition) is 2. The van der Waals surface area contributed by atoms with Gasteiger partial charge >= 0.3 is 5.97 Å². The fourth-order valence-corrected chi connectivity index (χ4v) is 3.00. The molecule has 0 bridgehead atoms. The molecule has 3 aromatic rings. The van der Waals surface area contributed by atoms with Gasteiger partial charge in [-0.1, -0.05) is 52.3 Å². The van der Waals surface area contributed by atoms with E-state index in [1.54, 1.807) is 25.1 Å². The van der Waals surface area contributed by atoms with Gasteiger partial charge < -0.3 is 10.4 Å². The summed E-state index contributed by atoms with van der Waals surface area (Å²) in [7, 11) is 0. The molecule has 1 amide bonds. The lowest BCUT2D eigenvalue weighted by Crippen LogP contribution is -2.15. The number of fused-ring (bicyclic) bond motifs is 1. The number of rotatable bonds is 4. The standard InChI is InChI=1S/C21H16BrNO3/c1-13(10-14-6-7-15-4-2-3-5-16(15)11-14)20(24)23-19-9-8-17(22)12-18(19)21(25)26/h2-12H,1H3,(H,23,24)(H,25,26). The first-order chi connectivity index (χ1) is 12.4. The van der Waals surface area contributed by atoms with Crippen LogP contribution in [-0.4, -0.2) is 17.0 Å². The van der Waals surface area contributed by atoms with Crippen molar-refractivity contribution in [2.45, 2.75) is 6.92 Å². The number of carbonyl (C=O) groups excluding carboxylic acids is 1. The molecule has 0 saturated heterocycles. The Balaban J connectivity index is 1.85. The van der Waals surface area contributed by atoms with Crippen LogP contribution in [0.2, 0.25) is 0 Å². The molecule has 5 heteroatoms. The van der Waals surface area contributed by atoms with E-state index in [1.807, 2.05) is 42.5 Å². The second-order valence-electron chi connectivity index (χ2n) is 5.88. The Morgan fingerprint density at radius 3 is 2.46 bits per heavy atom. The van der Waals surface area contributed by atoms with Crippen molar-refractivity contribution < 1.29 is 14.7 Å². The van der Waals surface area contributed by atoms with Gasteiger partial charge in [-0.2, -0.15) is 0 Å². The molecular formula is C21H16BrNO3. The van der Waals surface area contributed by atoms with Gasteiger partial charge in [-0.3, -0.25) is 4.79 Å². The van der Waals surface area contributed by atoms with Gasteiger partial charge in [0, 0.05) is 10.0 Å². The maximum atomic E-state index is 12.5. The molecule has 0 unspecified atom stereocenters. The molecule has 0 heterocycles. The molecule has 4 nitrogen and oxygen atoms in total. The molecule has 0 spiro atoms. The molecule has 0 radical (unpaired) electrons. The molecule has 2 N–H and O–H groups in total. The molecule has 0 atom stereocenters. The van der Waals surface area contributed by atoms with E-state index in [4.69, 9.17) is 0 Å². The van der Waals surface area contributed by atoms with Crippen LogP contribution in [-0.2, 0) is 4.79 Å². The van der Waals surface area contributed by atoms with E-state index < -0.39 is 5.97 Å². The van der Waals surface area contributed by atoms with E-state index in [-0.39, 0.29) is 17.2 Å². The first-order valence-electron chi connectivity index (χ1n) is 7.95. The van der Waals surface area contributed by atoms with E-state index >= 15 is 0 Å². The molecule has 0 aliphatic carbocycles. The number of aromatic carboxylic acids is 1. The summed E-state index contributed by atoms with van der Waals surface area (Å²) in [5, 5.41) is 14.2. The summed E-state index contributed by atoms with van der Waals surface area (Å²) in [5.41, 5.74) is 1.69. The molecule has 26 heavy (non-hydrogen) atoms. The van der Waals surface area contributed by atoms with E-state index in [9.17, 15) is 14.7 Å². The zero-order chi connectivity index (χ0) is 18.7. The van der Waals surface area contributed by atoms with Crippen molar-refractivity contribution >= 4 is 50.3 Å². The first kappa shape index (κ1) is 17.9. The highest BCUT2D eigenvalue weighted by molar-refractivity contribution is 9.10. The van der Waals surface area contributed by atoms with Crippen LogP contribution < -0.4 is 5.32 Å². The van der Waals surface area contributed by atoms with Crippen molar-refractivity contribution in [1.29, 1.82) is 0 Å². The van der Waals surface area contributed by atoms with Gasteiger partial charge in [0.2, 0.25) is 0 Å². The Bertz CT molecular complexity index is 1040. The van der Waals surface area contributed by atoms with Gasteiger partial charge in [-0.05, 0) is 53.6 Å². The van der Waals surface area contributed by atoms with Crippen LogP contribution >= 0.6 is 15.9 Å². The predicted octanol–water partition coefficient (Wildman–Crippen LogP) is 5.34. The van der Waals surface area contributed by atoms with E-state index in [1.165, 1.54) is 6.07 Å². The lowest BCUT2D eigenvalue weighted by Gasteiger charge is -2.09. The number of carbonyl (C=O) groups is 2. The third kappa shape index (κ3) is 4.00. The topological polar surface area (TPSA) is 66.4 Å². The Labute approximate surface area is 159 Å². The lowest BCUT2D eigenvalue weighted by molar-refractivity contribution is -0.112. The average Bonchev–Trinajstić information content (AvgIpc) is 2.62. The monoisotopic (exact) mass is 409 g/mol. The highest BCUT2D eigenvalue weighted by Crippen LogP contribution is 2.22. The second-order valence-corrected chi connectivity index (χ2v) is 6.80. The highest BCUT2D eigenvalue weighted by Gasteiger charge is 2.14. The van der Waals surface area contributed by atoms with Crippen LogP contribution in [0.3, 0.4) is 0 Å². The van der Waals surface area contributed by atoms with Crippen molar-refractivity contribution in [3.05, 3.63) is 81.8 Å². The number of carboxylic acids is 1. The van der Waals surface area contributed by atoms with E-state index in [0.717, 1.165) is 16.3 Å². The predicted molar refractivity (Wildman–Crippen MR) is 107 cm³/mol. The molecule has 0 fully saturated rings. The SMILES string of the molecule is CC(=Cc1ccc2ccccc2c1)C(=O)Nc1ccc(Br)cc1C(=O)O. The molecule has 0 aliphatic rings. The number of amides is 1. The molecule has 3 rings (SSSR count). The summed E-state index contributed by atoms with van der Waals surface area (Å²) in [4.78, 5) is 23.8. The summed E-state index contributed by atoms with van der Waals surface area (Å²) in [6, 6.07) is 18.7. The fraction of sp³-hybridized carbons (Fsp3) is 0.0476. The third-order valence-electron chi connectivity index (χ3n) is 3.98. The average molecular weight is 410 g/mol. The molecular weight excluding hydrogens is 394 g/mol. The molecule has 3 aromatic carbocycles. The largest absolute Gasteiger partial charge is 0.478 e. The van der Waals surface area contributed by atoms with Gasteiger partial charge in [0.1, 0.15) is 0 Å². The minimum Gasteiger partial charge on any atom is -0.478 e. The Morgan fingerprint density at radius 2 is 1.73 bits per heavy atom. The van der Waals surface area contributed by atoms with E-state index in [2.05, 4.69) is 21.2 Å². The van der Waals surface area contributed by atoms with Crippen LogP contribution in [0.25, 0.3) is 16.8 Å². The van der Waals surface area contributed by atoms with Crippen LogP contribution in [0.4, 0.5) is 5.69 Å². The Kier molecular flexibility index (Phi) is 5.19.